The van der Waals surface area contributed by atoms with Gasteiger partial charge in [0.25, 0.3) is 0 Å². The highest BCUT2D eigenvalue weighted by molar-refractivity contribution is 5.82. The standard InChI is InChI=1S/C32H42N2O3.ClH/c1-36-30-14-8-13-27-26(30)21-37-18-16-32(27)22-33-20-28(32)31(35)34-17-15-25(23-9-4-2-5-10-23)19-29(34)24-11-6-3-7-12-24;/h2,4-5,8-10,13-14,24-25,28-29,33H,3,6-7,11-12,15-22H2,1H3;1H/p-1/t25-,28+,29+,32+;/m1./s1. The minimum absolute atomic E-state index is 0. The van der Waals surface area contributed by atoms with Crippen molar-refractivity contribution >= 4 is 5.91 Å². The summed E-state index contributed by atoms with van der Waals surface area (Å²) in [6, 6.07) is 17.7. The highest BCUT2D eigenvalue weighted by Crippen LogP contribution is 2.47. The molecule has 2 saturated heterocycles. The van der Waals surface area contributed by atoms with Gasteiger partial charge in [-0.3, -0.25) is 4.79 Å². The van der Waals surface area contributed by atoms with Crippen LogP contribution in [0.5, 0.6) is 5.75 Å². The molecule has 1 spiro atoms. The number of rotatable bonds is 4. The molecule has 0 unspecified atom stereocenters. The zero-order chi connectivity index (χ0) is 25.2. The van der Waals surface area contributed by atoms with Crippen LogP contribution in [-0.4, -0.2) is 50.2 Å². The van der Waals surface area contributed by atoms with Crippen molar-refractivity contribution in [1.29, 1.82) is 0 Å². The van der Waals surface area contributed by atoms with Crippen LogP contribution in [0, 0.1) is 11.8 Å². The number of ether oxygens (including phenoxy) is 2. The molecule has 5 nitrogen and oxygen atoms in total. The second kappa shape index (κ2) is 12.0. The molecular formula is C32H42ClN2O3-. The van der Waals surface area contributed by atoms with Gasteiger partial charge in [-0.2, -0.15) is 0 Å². The molecule has 0 bridgehead atoms. The van der Waals surface area contributed by atoms with Crippen molar-refractivity contribution in [3.05, 3.63) is 65.2 Å². The number of carbonyl (C=O) groups excluding carboxylic acids is 1. The Morgan fingerprint density at radius 3 is 2.66 bits per heavy atom. The lowest BCUT2D eigenvalue weighted by atomic mass is 9.67. The van der Waals surface area contributed by atoms with E-state index in [1.54, 1.807) is 7.11 Å². The maximum atomic E-state index is 14.7. The smallest absolute Gasteiger partial charge is 0.228 e. The number of nitrogens with zero attached hydrogens (tertiary/aromatic N) is 1. The summed E-state index contributed by atoms with van der Waals surface area (Å²) >= 11 is 0. The van der Waals surface area contributed by atoms with Crippen molar-refractivity contribution in [3.63, 3.8) is 0 Å². The third kappa shape index (κ3) is 4.98. The number of fused-ring (bicyclic) bond motifs is 2. The van der Waals surface area contributed by atoms with E-state index in [1.807, 2.05) is 6.07 Å². The molecule has 1 amide bonds. The maximum Gasteiger partial charge on any atom is 0.228 e. The molecule has 3 heterocycles. The molecule has 0 aromatic heterocycles. The molecule has 0 radical (unpaired) electrons. The third-order valence-corrected chi connectivity index (χ3v) is 9.98. The van der Waals surface area contributed by atoms with Crippen LogP contribution >= 0.6 is 0 Å². The van der Waals surface area contributed by atoms with Crippen molar-refractivity contribution < 1.29 is 26.7 Å². The zero-order valence-electron chi connectivity index (χ0n) is 22.7. The van der Waals surface area contributed by atoms with Gasteiger partial charge in [0.2, 0.25) is 5.91 Å². The Morgan fingerprint density at radius 1 is 1.05 bits per heavy atom. The summed E-state index contributed by atoms with van der Waals surface area (Å²) in [5, 5.41) is 3.64. The number of carbonyl (C=O) groups is 1. The van der Waals surface area contributed by atoms with Crippen LogP contribution in [0.2, 0.25) is 0 Å². The van der Waals surface area contributed by atoms with Crippen LogP contribution in [0.15, 0.2) is 48.5 Å². The largest absolute Gasteiger partial charge is 1.00 e. The predicted molar refractivity (Wildman–Crippen MR) is 146 cm³/mol. The number of amides is 1. The average molecular weight is 538 g/mol. The Morgan fingerprint density at radius 2 is 1.87 bits per heavy atom. The number of benzene rings is 2. The second-order valence-corrected chi connectivity index (χ2v) is 11.8. The van der Waals surface area contributed by atoms with Crippen molar-refractivity contribution in [2.45, 2.75) is 75.3 Å². The molecule has 3 fully saturated rings. The highest BCUT2D eigenvalue weighted by atomic mass is 35.5. The summed E-state index contributed by atoms with van der Waals surface area (Å²) in [6.45, 7) is 3.65. The first-order chi connectivity index (χ1) is 18.2. The fraction of sp³-hybridized carbons (Fsp3) is 0.594. The number of nitrogens with one attached hydrogen (secondary N) is 1. The van der Waals surface area contributed by atoms with Crippen molar-refractivity contribution in [2.75, 3.05) is 33.4 Å². The summed E-state index contributed by atoms with van der Waals surface area (Å²) in [4.78, 5) is 17.0. The topological polar surface area (TPSA) is 50.8 Å². The van der Waals surface area contributed by atoms with E-state index >= 15 is 0 Å². The summed E-state index contributed by atoms with van der Waals surface area (Å²) in [6.07, 6.45) is 9.49. The van der Waals surface area contributed by atoms with Crippen molar-refractivity contribution in [2.24, 2.45) is 11.8 Å². The van der Waals surface area contributed by atoms with Gasteiger partial charge in [0, 0.05) is 43.3 Å². The lowest BCUT2D eigenvalue weighted by Crippen LogP contribution is -3.00. The van der Waals surface area contributed by atoms with Crippen molar-refractivity contribution in [3.8, 4) is 5.75 Å². The number of piperidine rings is 1. The van der Waals surface area contributed by atoms with Crippen LogP contribution < -0.4 is 22.5 Å². The molecule has 1 N–H and O–H groups in total. The van der Waals surface area contributed by atoms with E-state index < -0.39 is 0 Å². The van der Waals surface area contributed by atoms with Crippen LogP contribution in [0.3, 0.4) is 0 Å². The molecular weight excluding hydrogens is 496 g/mol. The monoisotopic (exact) mass is 537 g/mol. The van der Waals surface area contributed by atoms with Gasteiger partial charge in [-0.15, -0.1) is 0 Å². The molecule has 4 aliphatic rings. The third-order valence-electron chi connectivity index (χ3n) is 9.98. The lowest BCUT2D eigenvalue weighted by Gasteiger charge is -2.47. The van der Waals surface area contributed by atoms with E-state index in [2.05, 4.69) is 52.7 Å². The molecule has 6 heteroatoms. The van der Waals surface area contributed by atoms with Gasteiger partial charge in [0.1, 0.15) is 5.75 Å². The quantitative estimate of drug-likeness (QED) is 0.651. The Kier molecular flexibility index (Phi) is 8.66. The Labute approximate surface area is 234 Å². The number of methoxy groups -OCH3 is 1. The van der Waals surface area contributed by atoms with Crippen LogP contribution in [0.25, 0.3) is 0 Å². The first-order valence-corrected chi connectivity index (χ1v) is 14.5. The van der Waals surface area contributed by atoms with Gasteiger partial charge in [0.05, 0.1) is 19.6 Å². The maximum absolute atomic E-state index is 14.7. The van der Waals surface area contributed by atoms with E-state index in [0.717, 1.165) is 50.2 Å². The highest BCUT2D eigenvalue weighted by Gasteiger charge is 2.52. The van der Waals surface area contributed by atoms with Crippen LogP contribution in [0.4, 0.5) is 0 Å². The van der Waals surface area contributed by atoms with Crippen LogP contribution in [0.1, 0.15) is 74.0 Å². The molecule has 4 atom stereocenters. The van der Waals surface area contributed by atoms with Gasteiger partial charge < -0.3 is 32.1 Å². The Balaban J connectivity index is 0.00000294. The number of halogens is 1. The summed E-state index contributed by atoms with van der Waals surface area (Å²) in [5.74, 6) is 2.34. The van der Waals surface area contributed by atoms with Crippen LogP contribution in [-0.2, 0) is 21.6 Å². The van der Waals surface area contributed by atoms with Gasteiger partial charge in [-0.05, 0) is 61.1 Å². The van der Waals surface area contributed by atoms with E-state index in [4.69, 9.17) is 9.47 Å². The Hall–Kier alpha value is -2.08. The van der Waals surface area contributed by atoms with Gasteiger partial charge in [-0.25, -0.2) is 0 Å². The van der Waals surface area contributed by atoms with E-state index in [9.17, 15) is 4.79 Å². The summed E-state index contributed by atoms with van der Waals surface area (Å²) in [7, 11) is 1.73. The molecule has 2 aromatic rings. The fourth-order valence-electron chi connectivity index (χ4n) is 8.03. The first kappa shape index (κ1) is 27.5. The van der Waals surface area contributed by atoms with E-state index in [0.29, 0.717) is 37.0 Å². The minimum Gasteiger partial charge on any atom is -1.00 e. The minimum atomic E-state index is -0.245. The number of hydrogen-bond donors (Lipinski definition) is 1. The van der Waals surface area contributed by atoms with Crippen molar-refractivity contribution in [1.82, 2.24) is 10.2 Å². The lowest BCUT2D eigenvalue weighted by molar-refractivity contribution is -0.143. The van der Waals surface area contributed by atoms with E-state index in [-0.39, 0.29) is 23.7 Å². The molecule has 6 rings (SSSR count). The second-order valence-electron chi connectivity index (χ2n) is 11.8. The zero-order valence-corrected chi connectivity index (χ0v) is 23.4. The predicted octanol–water partition coefficient (Wildman–Crippen LogP) is 2.43. The molecule has 3 aliphatic heterocycles. The summed E-state index contributed by atoms with van der Waals surface area (Å²) in [5.41, 5.74) is 3.57. The fourth-order valence-corrected chi connectivity index (χ4v) is 8.03. The molecule has 1 saturated carbocycles. The SMILES string of the molecule is COc1cccc2c1COCC[C@]21CNC[C@H]1C(=O)N1CC[C@@H](c2ccccc2)C[C@H]1C1CCCCC1.[Cl-]. The molecule has 1 aliphatic carbocycles. The number of hydrogen-bond acceptors (Lipinski definition) is 4. The first-order valence-electron chi connectivity index (χ1n) is 14.5. The normalized spacial score (nSPS) is 29.8. The molecule has 2 aromatic carbocycles. The molecule has 206 valence electrons. The summed E-state index contributed by atoms with van der Waals surface area (Å²) < 4.78 is 11.8. The van der Waals surface area contributed by atoms with Gasteiger partial charge in [0.15, 0.2) is 0 Å². The molecule has 38 heavy (non-hydrogen) atoms. The van der Waals surface area contributed by atoms with Gasteiger partial charge in [-0.1, -0.05) is 61.7 Å². The average Bonchev–Trinajstić information content (AvgIpc) is 3.30. The van der Waals surface area contributed by atoms with Gasteiger partial charge >= 0.3 is 0 Å². The number of likely N-dealkylation sites (tertiary alicyclic amines) is 1. The van der Waals surface area contributed by atoms with E-state index in [1.165, 1.54) is 43.2 Å². The Bertz CT molecular complexity index is 1090.